The first-order valence-electron chi connectivity index (χ1n) is 8.17. The summed E-state index contributed by atoms with van der Waals surface area (Å²) in [6, 6.07) is 11.1. The van der Waals surface area contributed by atoms with E-state index in [9.17, 15) is 8.42 Å². The van der Waals surface area contributed by atoms with Gasteiger partial charge in [-0.1, -0.05) is 6.92 Å². The molecule has 1 aromatic heterocycles. The molecule has 0 aliphatic carbocycles. The first-order valence-corrected chi connectivity index (χ1v) is 9.82. The fraction of sp³-hybridized carbons (Fsp3) is 0.389. The van der Waals surface area contributed by atoms with Crippen molar-refractivity contribution in [3.8, 4) is 0 Å². The van der Waals surface area contributed by atoms with Gasteiger partial charge in [-0.15, -0.1) is 0 Å². The molecule has 2 aromatic rings. The van der Waals surface area contributed by atoms with Gasteiger partial charge in [0, 0.05) is 31.2 Å². The molecule has 0 amide bonds. The minimum absolute atomic E-state index is 0.126. The van der Waals surface area contributed by atoms with E-state index in [0.29, 0.717) is 11.5 Å². The molecular weight excluding hydrogens is 324 g/mol. The van der Waals surface area contributed by atoms with E-state index >= 15 is 0 Å². The van der Waals surface area contributed by atoms with Gasteiger partial charge in [0.2, 0.25) is 0 Å². The summed E-state index contributed by atoms with van der Waals surface area (Å²) in [5.74, 6) is 0.126. The number of rotatable bonds is 6. The summed E-state index contributed by atoms with van der Waals surface area (Å²) in [6.07, 6.45) is 4.70. The smallest absolute Gasteiger partial charge is 0.178 e. The van der Waals surface area contributed by atoms with Crippen molar-refractivity contribution in [2.24, 2.45) is 0 Å². The Balaban J connectivity index is 1.57. The quantitative estimate of drug-likeness (QED) is 0.805. The Morgan fingerprint density at radius 3 is 2.54 bits per heavy atom. The number of hydrogen-bond acceptors (Lipinski definition) is 5. The number of aromatic nitrogens is 1. The summed E-state index contributed by atoms with van der Waals surface area (Å²) in [5.41, 5.74) is 2.16. The molecule has 0 saturated carbocycles. The van der Waals surface area contributed by atoms with Crippen LogP contribution in [0.2, 0.25) is 0 Å². The lowest BCUT2D eigenvalue weighted by Gasteiger charge is -2.19. The molecule has 0 unspecified atom stereocenters. The average Bonchev–Trinajstić information content (AvgIpc) is 3.10. The summed E-state index contributed by atoms with van der Waals surface area (Å²) >= 11 is 0. The van der Waals surface area contributed by atoms with Crippen LogP contribution in [0.25, 0.3) is 0 Å². The zero-order valence-electron chi connectivity index (χ0n) is 13.8. The number of anilines is 1. The van der Waals surface area contributed by atoms with Gasteiger partial charge in [-0.2, -0.15) is 0 Å². The molecule has 5 nitrogen and oxygen atoms in total. The van der Waals surface area contributed by atoms with Gasteiger partial charge in [0.05, 0.1) is 23.4 Å². The highest BCUT2D eigenvalue weighted by Gasteiger charge is 2.23. The van der Waals surface area contributed by atoms with Crippen LogP contribution >= 0.6 is 0 Å². The molecule has 3 rings (SSSR count). The molecule has 24 heavy (non-hydrogen) atoms. The van der Waals surface area contributed by atoms with Gasteiger partial charge in [-0.3, -0.25) is 4.98 Å². The van der Waals surface area contributed by atoms with E-state index in [1.54, 1.807) is 31.5 Å². The number of nitrogens with zero attached hydrogens (tertiary/aromatic N) is 2. The van der Waals surface area contributed by atoms with Crippen LogP contribution in [0.5, 0.6) is 0 Å². The molecule has 1 atom stereocenters. The maximum absolute atomic E-state index is 11.9. The molecule has 0 N–H and O–H groups in total. The summed E-state index contributed by atoms with van der Waals surface area (Å²) < 4.78 is 29.7. The van der Waals surface area contributed by atoms with Crippen LogP contribution in [-0.2, 0) is 21.2 Å². The van der Waals surface area contributed by atoms with Gasteiger partial charge < -0.3 is 9.64 Å². The van der Waals surface area contributed by atoms with E-state index in [1.165, 1.54) is 0 Å². The first kappa shape index (κ1) is 16.9. The zero-order chi connectivity index (χ0) is 17.0. The van der Waals surface area contributed by atoms with Crippen LogP contribution in [0.15, 0.2) is 53.7 Å². The SMILES string of the molecule is CCS(=O)(=O)c1ccc(N2CC[C@@H](OCc3ccncc3)C2)cc1. The maximum Gasteiger partial charge on any atom is 0.178 e. The van der Waals surface area contributed by atoms with Crippen LogP contribution in [0.4, 0.5) is 5.69 Å². The fourth-order valence-electron chi connectivity index (χ4n) is 2.82. The van der Waals surface area contributed by atoms with E-state index in [1.807, 2.05) is 24.3 Å². The molecule has 6 heteroatoms. The van der Waals surface area contributed by atoms with Crippen LogP contribution in [0, 0.1) is 0 Å². The lowest BCUT2D eigenvalue weighted by molar-refractivity contribution is 0.0553. The second kappa shape index (κ2) is 7.32. The Morgan fingerprint density at radius 1 is 1.17 bits per heavy atom. The number of ether oxygens (including phenoxy) is 1. The highest BCUT2D eigenvalue weighted by molar-refractivity contribution is 7.91. The topological polar surface area (TPSA) is 59.5 Å². The monoisotopic (exact) mass is 346 g/mol. The molecule has 128 valence electrons. The number of sulfone groups is 1. The van der Waals surface area contributed by atoms with E-state index < -0.39 is 9.84 Å². The van der Waals surface area contributed by atoms with Crippen molar-refractivity contribution in [2.75, 3.05) is 23.7 Å². The van der Waals surface area contributed by atoms with Crippen molar-refractivity contribution in [1.82, 2.24) is 4.98 Å². The normalized spacial score (nSPS) is 18.0. The molecule has 2 heterocycles. The standard InChI is InChI=1S/C18H22N2O3S/c1-2-24(21,22)18-5-3-16(4-6-18)20-12-9-17(13-20)23-14-15-7-10-19-11-8-15/h3-8,10-11,17H,2,9,12-14H2,1H3/t17-/m1/s1. The van der Waals surface area contributed by atoms with Crippen LogP contribution in [-0.4, -0.2) is 38.3 Å². The highest BCUT2D eigenvalue weighted by Crippen LogP contribution is 2.24. The summed E-state index contributed by atoms with van der Waals surface area (Å²) in [7, 11) is -3.14. The lowest BCUT2D eigenvalue weighted by atomic mass is 10.3. The lowest BCUT2D eigenvalue weighted by Crippen LogP contribution is -2.22. The summed E-state index contributed by atoms with van der Waals surface area (Å²) in [4.78, 5) is 6.62. The Labute approximate surface area is 143 Å². The minimum Gasteiger partial charge on any atom is -0.372 e. The zero-order valence-corrected chi connectivity index (χ0v) is 14.6. The summed E-state index contributed by atoms with van der Waals surface area (Å²) in [6.45, 7) is 4.00. The molecule has 1 saturated heterocycles. The molecule has 0 bridgehead atoms. The molecule has 1 aliphatic rings. The highest BCUT2D eigenvalue weighted by atomic mass is 32.2. The molecular formula is C18H22N2O3S. The number of hydrogen-bond donors (Lipinski definition) is 0. The van der Waals surface area contributed by atoms with Crippen molar-refractivity contribution in [1.29, 1.82) is 0 Å². The van der Waals surface area contributed by atoms with Gasteiger partial charge in [0.25, 0.3) is 0 Å². The van der Waals surface area contributed by atoms with E-state index in [-0.39, 0.29) is 11.9 Å². The molecule has 1 aliphatic heterocycles. The predicted molar refractivity (Wildman–Crippen MR) is 93.8 cm³/mol. The number of benzene rings is 1. The van der Waals surface area contributed by atoms with Crippen molar-refractivity contribution < 1.29 is 13.2 Å². The van der Waals surface area contributed by atoms with Gasteiger partial charge in [0.1, 0.15) is 0 Å². The van der Waals surface area contributed by atoms with Gasteiger partial charge in [-0.05, 0) is 48.4 Å². The van der Waals surface area contributed by atoms with Crippen LogP contribution < -0.4 is 4.90 Å². The third-order valence-electron chi connectivity index (χ3n) is 4.32. The maximum atomic E-state index is 11.9. The molecule has 0 radical (unpaired) electrons. The first-order chi connectivity index (χ1) is 11.6. The Hall–Kier alpha value is -1.92. The van der Waals surface area contributed by atoms with Crippen LogP contribution in [0.1, 0.15) is 18.9 Å². The third kappa shape index (κ3) is 3.94. The average molecular weight is 346 g/mol. The van der Waals surface area contributed by atoms with Crippen molar-refractivity contribution in [2.45, 2.75) is 31.0 Å². The van der Waals surface area contributed by atoms with E-state index in [0.717, 1.165) is 30.8 Å². The Kier molecular flexibility index (Phi) is 5.16. The largest absolute Gasteiger partial charge is 0.372 e. The van der Waals surface area contributed by atoms with Crippen molar-refractivity contribution in [3.05, 3.63) is 54.4 Å². The van der Waals surface area contributed by atoms with Crippen molar-refractivity contribution >= 4 is 15.5 Å². The van der Waals surface area contributed by atoms with Gasteiger partial charge >= 0.3 is 0 Å². The molecule has 0 spiro atoms. The third-order valence-corrected chi connectivity index (χ3v) is 6.07. The van der Waals surface area contributed by atoms with Crippen molar-refractivity contribution in [3.63, 3.8) is 0 Å². The molecule has 1 aromatic carbocycles. The van der Waals surface area contributed by atoms with E-state index in [4.69, 9.17) is 4.74 Å². The van der Waals surface area contributed by atoms with Gasteiger partial charge in [-0.25, -0.2) is 8.42 Å². The van der Waals surface area contributed by atoms with E-state index in [2.05, 4.69) is 9.88 Å². The van der Waals surface area contributed by atoms with Crippen LogP contribution in [0.3, 0.4) is 0 Å². The predicted octanol–water partition coefficient (Wildman–Crippen LogP) is 2.67. The second-order valence-corrected chi connectivity index (χ2v) is 8.20. The summed E-state index contributed by atoms with van der Waals surface area (Å²) in [5, 5.41) is 0. The second-order valence-electron chi connectivity index (χ2n) is 5.92. The number of pyridine rings is 1. The fourth-order valence-corrected chi connectivity index (χ4v) is 3.71. The minimum atomic E-state index is -3.14. The molecule has 1 fully saturated rings. The Morgan fingerprint density at radius 2 is 1.88 bits per heavy atom. The van der Waals surface area contributed by atoms with Gasteiger partial charge in [0.15, 0.2) is 9.84 Å². The Bertz CT molecular complexity index is 761.